The Hall–Kier alpha value is -0.280. The van der Waals surface area contributed by atoms with Crippen LogP contribution in [0.4, 0.5) is 0 Å². The zero-order valence-electron chi connectivity index (χ0n) is 11.5. The zero-order chi connectivity index (χ0) is 13.7. The van der Waals surface area contributed by atoms with Crippen molar-refractivity contribution in [2.45, 2.75) is 26.3 Å². The van der Waals surface area contributed by atoms with Crippen molar-refractivity contribution in [1.82, 2.24) is 10.2 Å². The first-order valence-corrected chi connectivity index (χ1v) is 7.81. The van der Waals surface area contributed by atoms with Gasteiger partial charge in [-0.2, -0.15) is 0 Å². The molecule has 1 aliphatic rings. The van der Waals surface area contributed by atoms with Gasteiger partial charge in [-0.1, -0.05) is 36.2 Å². The molecule has 1 heterocycles. The molecule has 1 atom stereocenters. The maximum atomic E-state index is 6.25. The fraction of sp³-hybridized carbons (Fsp3) is 0.600. The maximum Gasteiger partial charge on any atom is 0.0465 e. The summed E-state index contributed by atoms with van der Waals surface area (Å²) in [6.45, 7) is 7.60. The second-order valence-electron chi connectivity index (χ2n) is 5.29. The lowest BCUT2D eigenvalue weighted by molar-refractivity contribution is 0.166. The Morgan fingerprint density at radius 1 is 1.37 bits per heavy atom. The maximum absolute atomic E-state index is 6.25. The molecule has 1 unspecified atom stereocenters. The van der Waals surface area contributed by atoms with E-state index in [0.717, 1.165) is 37.1 Å². The van der Waals surface area contributed by atoms with Crippen molar-refractivity contribution in [3.63, 3.8) is 0 Å². The van der Waals surface area contributed by atoms with Crippen molar-refractivity contribution in [1.29, 1.82) is 0 Å². The molecule has 1 fully saturated rings. The molecular weight excluding hydrogens is 279 g/mol. The van der Waals surface area contributed by atoms with Crippen molar-refractivity contribution >= 4 is 23.2 Å². The van der Waals surface area contributed by atoms with Gasteiger partial charge < -0.3 is 5.32 Å². The summed E-state index contributed by atoms with van der Waals surface area (Å²) in [5, 5.41) is 4.94. The second-order valence-corrected chi connectivity index (χ2v) is 6.13. The third-order valence-electron chi connectivity index (χ3n) is 3.70. The first-order valence-electron chi connectivity index (χ1n) is 7.06. The van der Waals surface area contributed by atoms with Gasteiger partial charge in [0.05, 0.1) is 0 Å². The summed E-state index contributed by atoms with van der Waals surface area (Å²) in [5.74, 6) is 0.764. The van der Waals surface area contributed by atoms with E-state index in [9.17, 15) is 0 Å². The predicted molar refractivity (Wildman–Crippen MR) is 83.0 cm³/mol. The predicted octanol–water partition coefficient (Wildman–Crippen LogP) is 3.81. The van der Waals surface area contributed by atoms with Gasteiger partial charge in [0.25, 0.3) is 0 Å². The first kappa shape index (κ1) is 15.1. The number of nitrogens with zero attached hydrogens (tertiary/aromatic N) is 1. The number of hydrogen-bond acceptors (Lipinski definition) is 2. The van der Waals surface area contributed by atoms with Crippen LogP contribution in [0.15, 0.2) is 18.2 Å². The van der Waals surface area contributed by atoms with E-state index in [2.05, 4.69) is 17.1 Å². The Morgan fingerprint density at radius 2 is 2.21 bits per heavy atom. The minimum absolute atomic E-state index is 0.706. The highest BCUT2D eigenvalue weighted by molar-refractivity contribution is 6.35. The molecule has 0 radical (unpaired) electrons. The molecule has 1 aliphatic heterocycles. The molecule has 0 aromatic heterocycles. The summed E-state index contributed by atoms with van der Waals surface area (Å²) in [7, 11) is 0. The number of piperidine rings is 1. The van der Waals surface area contributed by atoms with Crippen LogP contribution in [0, 0.1) is 5.92 Å². The highest BCUT2D eigenvalue weighted by Crippen LogP contribution is 2.24. The smallest absolute Gasteiger partial charge is 0.0465 e. The van der Waals surface area contributed by atoms with Crippen LogP contribution in [0.3, 0.4) is 0 Å². The van der Waals surface area contributed by atoms with E-state index in [1.165, 1.54) is 24.9 Å². The summed E-state index contributed by atoms with van der Waals surface area (Å²) < 4.78 is 0. The van der Waals surface area contributed by atoms with Gasteiger partial charge in [0.1, 0.15) is 0 Å². The number of hydrogen-bond donors (Lipinski definition) is 1. The van der Waals surface area contributed by atoms with E-state index in [-0.39, 0.29) is 0 Å². The summed E-state index contributed by atoms with van der Waals surface area (Å²) in [6.07, 6.45) is 2.61. The number of nitrogens with one attached hydrogen (secondary N) is 1. The number of benzene rings is 1. The van der Waals surface area contributed by atoms with Crippen molar-refractivity contribution in [3.8, 4) is 0 Å². The van der Waals surface area contributed by atoms with E-state index in [4.69, 9.17) is 23.2 Å². The highest BCUT2D eigenvalue weighted by Gasteiger charge is 2.20. The molecule has 1 N–H and O–H groups in total. The minimum Gasteiger partial charge on any atom is -0.317 e. The molecule has 1 saturated heterocycles. The fourth-order valence-corrected chi connectivity index (χ4v) is 3.17. The number of likely N-dealkylation sites (tertiary alicyclic amines) is 1. The molecule has 0 bridgehead atoms. The molecular formula is C15H22Cl2N2. The van der Waals surface area contributed by atoms with Crippen LogP contribution in [0.1, 0.15) is 25.3 Å². The lowest BCUT2D eigenvalue weighted by atomic mass is 9.97. The second kappa shape index (κ2) is 7.49. The SMILES string of the molecule is CCNCC1CCCN(Cc2ccc(Cl)cc2Cl)C1. The van der Waals surface area contributed by atoms with E-state index >= 15 is 0 Å². The quantitative estimate of drug-likeness (QED) is 0.889. The molecule has 106 valence electrons. The normalized spacial score (nSPS) is 20.7. The summed E-state index contributed by atoms with van der Waals surface area (Å²) >= 11 is 12.2. The first-order chi connectivity index (χ1) is 9.19. The molecule has 0 amide bonds. The van der Waals surface area contributed by atoms with Crippen LogP contribution >= 0.6 is 23.2 Å². The Balaban J connectivity index is 1.91. The van der Waals surface area contributed by atoms with Gasteiger partial charge >= 0.3 is 0 Å². The topological polar surface area (TPSA) is 15.3 Å². The van der Waals surface area contributed by atoms with Gasteiger partial charge in [-0.05, 0) is 56.1 Å². The van der Waals surface area contributed by atoms with Gasteiger partial charge in [-0.25, -0.2) is 0 Å². The van der Waals surface area contributed by atoms with Crippen LogP contribution in [-0.4, -0.2) is 31.1 Å². The van der Waals surface area contributed by atoms with Crippen LogP contribution in [0.25, 0.3) is 0 Å². The molecule has 0 saturated carbocycles. The molecule has 0 aliphatic carbocycles. The van der Waals surface area contributed by atoms with Crippen molar-refractivity contribution in [3.05, 3.63) is 33.8 Å². The van der Waals surface area contributed by atoms with Crippen molar-refractivity contribution in [2.24, 2.45) is 5.92 Å². The average Bonchev–Trinajstić information content (AvgIpc) is 2.40. The third-order valence-corrected chi connectivity index (χ3v) is 4.28. The van der Waals surface area contributed by atoms with Crippen LogP contribution < -0.4 is 5.32 Å². The monoisotopic (exact) mass is 300 g/mol. The Morgan fingerprint density at radius 3 is 2.95 bits per heavy atom. The average molecular weight is 301 g/mol. The molecule has 19 heavy (non-hydrogen) atoms. The van der Waals surface area contributed by atoms with Gasteiger partial charge in [0, 0.05) is 23.1 Å². The van der Waals surface area contributed by atoms with Crippen LogP contribution in [0.5, 0.6) is 0 Å². The Labute approximate surface area is 126 Å². The largest absolute Gasteiger partial charge is 0.317 e. The zero-order valence-corrected chi connectivity index (χ0v) is 13.0. The third kappa shape index (κ3) is 4.64. The molecule has 2 rings (SSSR count). The standard InChI is InChI=1S/C15H22Cl2N2/c1-2-18-9-12-4-3-7-19(10-12)11-13-5-6-14(16)8-15(13)17/h5-6,8,12,18H,2-4,7,9-11H2,1H3. The van der Waals surface area contributed by atoms with Crippen molar-refractivity contribution < 1.29 is 0 Å². The van der Waals surface area contributed by atoms with E-state index in [1.807, 2.05) is 18.2 Å². The highest BCUT2D eigenvalue weighted by atomic mass is 35.5. The molecule has 0 spiro atoms. The minimum atomic E-state index is 0.706. The summed E-state index contributed by atoms with van der Waals surface area (Å²) in [5.41, 5.74) is 1.18. The summed E-state index contributed by atoms with van der Waals surface area (Å²) in [4.78, 5) is 2.50. The lowest BCUT2D eigenvalue weighted by Crippen LogP contribution is -2.39. The van der Waals surface area contributed by atoms with E-state index in [1.54, 1.807) is 0 Å². The molecule has 4 heteroatoms. The Kier molecular flexibility index (Phi) is 5.96. The van der Waals surface area contributed by atoms with Gasteiger partial charge in [0.15, 0.2) is 0 Å². The van der Waals surface area contributed by atoms with Gasteiger partial charge in [-0.15, -0.1) is 0 Å². The van der Waals surface area contributed by atoms with Crippen molar-refractivity contribution in [2.75, 3.05) is 26.2 Å². The molecule has 1 aromatic rings. The summed E-state index contributed by atoms with van der Waals surface area (Å²) in [6, 6.07) is 5.79. The van der Waals surface area contributed by atoms with E-state index in [0.29, 0.717) is 5.02 Å². The number of halogens is 2. The van der Waals surface area contributed by atoms with Gasteiger partial charge in [-0.3, -0.25) is 4.90 Å². The fourth-order valence-electron chi connectivity index (χ4n) is 2.70. The van der Waals surface area contributed by atoms with E-state index < -0.39 is 0 Å². The lowest BCUT2D eigenvalue weighted by Gasteiger charge is -2.33. The molecule has 1 aromatic carbocycles. The molecule has 2 nitrogen and oxygen atoms in total. The van der Waals surface area contributed by atoms with Gasteiger partial charge in [0.2, 0.25) is 0 Å². The van der Waals surface area contributed by atoms with Crippen LogP contribution in [-0.2, 0) is 6.54 Å². The number of rotatable bonds is 5. The Bertz CT molecular complexity index is 409. The van der Waals surface area contributed by atoms with Crippen LogP contribution in [0.2, 0.25) is 10.0 Å².